The van der Waals surface area contributed by atoms with Gasteiger partial charge < -0.3 is 15.3 Å². The van der Waals surface area contributed by atoms with Gasteiger partial charge in [-0.1, -0.05) is 38.2 Å². The number of nitrogens with one attached hydrogen (secondary N) is 1. The lowest BCUT2D eigenvalue weighted by atomic mass is 9.86. The molecule has 1 amide bonds. The van der Waals surface area contributed by atoms with Crippen LogP contribution in [0.2, 0.25) is 0 Å². The van der Waals surface area contributed by atoms with Crippen molar-refractivity contribution in [3.8, 4) is 0 Å². The third-order valence-electron chi connectivity index (χ3n) is 5.94. The minimum atomic E-state index is -1.24. The quantitative estimate of drug-likeness (QED) is 0.700. The largest absolute Gasteiger partial charge is 0.379 e. The van der Waals surface area contributed by atoms with E-state index in [0.29, 0.717) is 19.5 Å². The Morgan fingerprint density at radius 1 is 1.23 bits per heavy atom. The molecular weight excluding hydrogens is 326 g/mol. The van der Waals surface area contributed by atoms with Crippen molar-refractivity contribution in [3.63, 3.8) is 0 Å². The molecule has 144 valence electrons. The molecule has 1 unspecified atom stereocenters. The van der Waals surface area contributed by atoms with Crippen LogP contribution >= 0.6 is 0 Å². The Kier molecular flexibility index (Phi) is 7.03. The number of rotatable bonds is 8. The fourth-order valence-electron chi connectivity index (χ4n) is 4.31. The zero-order chi connectivity index (χ0) is 18.2. The topological polar surface area (TPSA) is 65.5 Å². The average Bonchev–Trinajstić information content (AvgIpc) is 2.68. The second-order valence-corrected chi connectivity index (χ2v) is 7.97. The third kappa shape index (κ3) is 5.27. The third-order valence-corrected chi connectivity index (χ3v) is 5.94. The van der Waals surface area contributed by atoms with Crippen molar-refractivity contribution in [2.24, 2.45) is 5.92 Å². The molecule has 2 N–H and O–H groups in total. The van der Waals surface area contributed by atoms with Gasteiger partial charge in [0.2, 0.25) is 0 Å². The first kappa shape index (κ1) is 19.3. The molecule has 1 saturated carbocycles. The molecule has 0 radical (unpaired) electrons. The van der Waals surface area contributed by atoms with E-state index in [4.69, 9.17) is 0 Å². The first-order valence-corrected chi connectivity index (χ1v) is 10.3. The van der Waals surface area contributed by atoms with E-state index < -0.39 is 5.60 Å². The summed E-state index contributed by atoms with van der Waals surface area (Å²) in [7, 11) is 0. The van der Waals surface area contributed by atoms with Crippen LogP contribution in [0.1, 0.15) is 57.1 Å². The normalized spacial score (nSPS) is 24.8. The van der Waals surface area contributed by atoms with Gasteiger partial charge in [0, 0.05) is 44.5 Å². The molecule has 2 fully saturated rings. The summed E-state index contributed by atoms with van der Waals surface area (Å²) in [4.78, 5) is 19.0. The first-order valence-electron chi connectivity index (χ1n) is 10.3. The Morgan fingerprint density at radius 3 is 2.85 bits per heavy atom. The Bertz CT molecular complexity index is 560. The smallest absolute Gasteiger partial charge is 0.255 e. The molecule has 5 heteroatoms. The Hall–Kier alpha value is -1.46. The van der Waals surface area contributed by atoms with Crippen LogP contribution in [-0.4, -0.2) is 52.7 Å². The van der Waals surface area contributed by atoms with Gasteiger partial charge in [-0.05, 0) is 37.3 Å². The summed E-state index contributed by atoms with van der Waals surface area (Å²) in [5, 5.41) is 14.1. The van der Waals surface area contributed by atoms with Crippen LogP contribution in [0.5, 0.6) is 0 Å². The highest BCUT2D eigenvalue weighted by Gasteiger charge is 2.41. The molecule has 1 aromatic heterocycles. The van der Waals surface area contributed by atoms with Crippen molar-refractivity contribution in [1.29, 1.82) is 0 Å². The first-order chi connectivity index (χ1) is 12.7. The zero-order valence-electron chi connectivity index (χ0n) is 15.8. The maximum absolute atomic E-state index is 12.8. The highest BCUT2D eigenvalue weighted by molar-refractivity contribution is 5.86. The standard InChI is InChI=1S/C21H33N3O2/c25-20-21(26,17-22-14-10-19-9-4-5-13-23-19)12-6-15-24(20)16-11-18-7-2-1-3-8-18/h4-5,9,13,18,22,26H,1-3,6-8,10-12,14-17H2. The minimum absolute atomic E-state index is 0.0788. The van der Waals surface area contributed by atoms with Gasteiger partial charge in [-0.25, -0.2) is 0 Å². The van der Waals surface area contributed by atoms with Crippen LogP contribution in [0.15, 0.2) is 24.4 Å². The van der Waals surface area contributed by atoms with Gasteiger partial charge in [0.15, 0.2) is 5.60 Å². The van der Waals surface area contributed by atoms with Crippen LogP contribution < -0.4 is 5.32 Å². The maximum atomic E-state index is 12.8. The zero-order valence-corrected chi connectivity index (χ0v) is 15.8. The van der Waals surface area contributed by atoms with Crippen molar-refractivity contribution < 1.29 is 9.90 Å². The van der Waals surface area contributed by atoms with E-state index in [1.165, 1.54) is 32.1 Å². The Balaban J connectivity index is 1.42. The number of pyridine rings is 1. The monoisotopic (exact) mass is 359 g/mol. The number of amides is 1. The van der Waals surface area contributed by atoms with Gasteiger partial charge in [-0.15, -0.1) is 0 Å². The van der Waals surface area contributed by atoms with Gasteiger partial charge in [0.1, 0.15) is 0 Å². The lowest BCUT2D eigenvalue weighted by Crippen LogP contribution is -2.58. The summed E-state index contributed by atoms with van der Waals surface area (Å²) in [6, 6.07) is 5.88. The second-order valence-electron chi connectivity index (χ2n) is 7.97. The molecule has 1 saturated heterocycles. The van der Waals surface area contributed by atoms with Crippen LogP contribution in [0.4, 0.5) is 0 Å². The van der Waals surface area contributed by atoms with Crippen LogP contribution in [0, 0.1) is 5.92 Å². The van der Waals surface area contributed by atoms with Gasteiger partial charge >= 0.3 is 0 Å². The number of carbonyl (C=O) groups excluding carboxylic acids is 1. The number of carbonyl (C=O) groups is 1. The van der Waals surface area contributed by atoms with E-state index in [9.17, 15) is 9.90 Å². The van der Waals surface area contributed by atoms with E-state index >= 15 is 0 Å². The van der Waals surface area contributed by atoms with Crippen LogP contribution in [0.3, 0.4) is 0 Å². The van der Waals surface area contributed by atoms with Crippen molar-refractivity contribution in [3.05, 3.63) is 30.1 Å². The molecule has 0 bridgehead atoms. The van der Waals surface area contributed by atoms with E-state index in [1.54, 1.807) is 6.20 Å². The number of aliphatic hydroxyl groups is 1. The fourth-order valence-corrected chi connectivity index (χ4v) is 4.31. The summed E-state index contributed by atoms with van der Waals surface area (Å²) < 4.78 is 0. The predicted octanol–water partition coefficient (Wildman–Crippen LogP) is 2.54. The molecule has 1 aromatic rings. The van der Waals surface area contributed by atoms with E-state index in [2.05, 4.69) is 10.3 Å². The fraction of sp³-hybridized carbons (Fsp3) is 0.714. The molecular formula is C21H33N3O2. The maximum Gasteiger partial charge on any atom is 0.255 e. The summed E-state index contributed by atoms with van der Waals surface area (Å²) >= 11 is 0. The molecule has 1 aliphatic heterocycles. The van der Waals surface area contributed by atoms with Crippen LogP contribution in [0.25, 0.3) is 0 Å². The summed E-state index contributed by atoms with van der Waals surface area (Å²) in [6.07, 6.45) is 11.8. The molecule has 1 aliphatic carbocycles. The number of hydrogen-bond acceptors (Lipinski definition) is 4. The van der Waals surface area contributed by atoms with Crippen molar-refractivity contribution in [2.75, 3.05) is 26.2 Å². The minimum Gasteiger partial charge on any atom is -0.379 e. The average molecular weight is 360 g/mol. The second kappa shape index (κ2) is 9.47. The van der Waals surface area contributed by atoms with Crippen molar-refractivity contribution in [1.82, 2.24) is 15.2 Å². The number of aromatic nitrogens is 1. The van der Waals surface area contributed by atoms with E-state index in [0.717, 1.165) is 44.0 Å². The van der Waals surface area contributed by atoms with Gasteiger partial charge in [0.05, 0.1) is 0 Å². The summed E-state index contributed by atoms with van der Waals surface area (Å²) in [6.45, 7) is 2.65. The summed E-state index contributed by atoms with van der Waals surface area (Å²) in [5.74, 6) is 0.688. The number of hydrogen-bond donors (Lipinski definition) is 2. The lowest BCUT2D eigenvalue weighted by molar-refractivity contribution is -0.156. The van der Waals surface area contributed by atoms with Gasteiger partial charge in [0.25, 0.3) is 5.91 Å². The highest BCUT2D eigenvalue weighted by Crippen LogP contribution is 2.28. The molecule has 3 rings (SSSR count). The molecule has 0 spiro atoms. The molecule has 2 heterocycles. The Labute approximate surface area is 157 Å². The molecule has 26 heavy (non-hydrogen) atoms. The van der Waals surface area contributed by atoms with E-state index in [1.807, 2.05) is 23.1 Å². The SMILES string of the molecule is O=C1N(CCC2CCCCC2)CCCC1(O)CNCCc1ccccn1. The number of piperidine rings is 1. The van der Waals surface area contributed by atoms with Crippen molar-refractivity contribution in [2.45, 2.75) is 63.4 Å². The lowest BCUT2D eigenvalue weighted by Gasteiger charge is -2.39. The molecule has 1 atom stereocenters. The van der Waals surface area contributed by atoms with Gasteiger partial charge in [-0.2, -0.15) is 0 Å². The van der Waals surface area contributed by atoms with E-state index in [-0.39, 0.29) is 5.91 Å². The Morgan fingerprint density at radius 2 is 2.08 bits per heavy atom. The molecule has 2 aliphatic rings. The number of likely N-dealkylation sites (tertiary alicyclic amines) is 1. The van der Waals surface area contributed by atoms with Crippen molar-refractivity contribution >= 4 is 5.91 Å². The predicted molar refractivity (Wildman–Crippen MR) is 103 cm³/mol. The van der Waals surface area contributed by atoms with Gasteiger partial charge in [-0.3, -0.25) is 9.78 Å². The number of nitrogens with zero attached hydrogens (tertiary/aromatic N) is 2. The molecule has 0 aromatic carbocycles. The molecule has 5 nitrogen and oxygen atoms in total. The van der Waals surface area contributed by atoms with Crippen LogP contribution in [-0.2, 0) is 11.2 Å². The summed E-state index contributed by atoms with van der Waals surface area (Å²) in [5.41, 5.74) is -0.217. The highest BCUT2D eigenvalue weighted by atomic mass is 16.3.